The maximum Gasteiger partial charge on any atom is 0.289 e. The fraction of sp³-hybridized carbons (Fsp3) is 0.389. The molecule has 0 aliphatic carbocycles. The number of nitrogens with zero attached hydrogens (tertiary/aromatic N) is 3. The Bertz CT molecular complexity index is 778. The molecule has 1 aromatic heterocycles. The smallest absolute Gasteiger partial charge is 0.289 e. The van der Waals surface area contributed by atoms with E-state index in [4.69, 9.17) is 4.42 Å². The lowest BCUT2D eigenvalue weighted by Crippen LogP contribution is -2.49. The zero-order valence-corrected chi connectivity index (χ0v) is 14.3. The number of piperazine rings is 1. The van der Waals surface area contributed by atoms with Crippen molar-refractivity contribution in [3.05, 3.63) is 63.6 Å². The molecule has 0 spiro atoms. The summed E-state index contributed by atoms with van der Waals surface area (Å²) in [4.78, 5) is 27.2. The third-order valence-electron chi connectivity index (χ3n) is 4.68. The molecule has 1 aromatic carbocycles. The standard InChI is InChI=1S/C18H21N3O4/c1-13-7-8-17(25-13)18(22)20-11-9-19(10-12-20)14(2)15-5-3-4-6-16(15)21(23)24/h3-8,14H,9-12H2,1-2H3/t14-/m1/s1. The average molecular weight is 343 g/mol. The maximum absolute atomic E-state index is 12.4. The normalized spacial score (nSPS) is 16.6. The van der Waals surface area contributed by atoms with Crippen LogP contribution in [0, 0.1) is 17.0 Å². The van der Waals surface area contributed by atoms with Crippen molar-refractivity contribution in [1.29, 1.82) is 0 Å². The SMILES string of the molecule is Cc1ccc(C(=O)N2CCN([C@H](C)c3ccccc3[N+](=O)[O-])CC2)o1. The van der Waals surface area contributed by atoms with E-state index in [1.807, 2.05) is 19.9 Å². The van der Waals surface area contributed by atoms with E-state index in [0.717, 1.165) is 0 Å². The number of carbonyl (C=O) groups excluding carboxylic acids is 1. The van der Waals surface area contributed by atoms with Gasteiger partial charge in [-0.05, 0) is 26.0 Å². The van der Waals surface area contributed by atoms with Gasteiger partial charge in [0.25, 0.3) is 11.6 Å². The number of nitro groups is 1. The predicted molar refractivity (Wildman–Crippen MR) is 92.4 cm³/mol. The summed E-state index contributed by atoms with van der Waals surface area (Å²) in [6, 6.07) is 10.2. The highest BCUT2D eigenvalue weighted by Gasteiger charge is 2.29. The molecule has 2 aromatic rings. The lowest BCUT2D eigenvalue weighted by molar-refractivity contribution is -0.386. The minimum atomic E-state index is -0.342. The summed E-state index contributed by atoms with van der Waals surface area (Å²) in [6.07, 6.45) is 0. The number of rotatable bonds is 4. The zero-order valence-electron chi connectivity index (χ0n) is 14.3. The van der Waals surface area contributed by atoms with Crippen molar-refractivity contribution in [1.82, 2.24) is 9.80 Å². The van der Waals surface area contributed by atoms with Crippen LogP contribution in [0.2, 0.25) is 0 Å². The molecule has 0 N–H and O–H groups in total. The van der Waals surface area contributed by atoms with Crippen LogP contribution < -0.4 is 0 Å². The molecule has 1 atom stereocenters. The van der Waals surface area contributed by atoms with Gasteiger partial charge in [0.05, 0.1) is 4.92 Å². The number of amides is 1. The minimum absolute atomic E-state index is 0.0790. The quantitative estimate of drug-likeness (QED) is 0.630. The highest BCUT2D eigenvalue weighted by molar-refractivity contribution is 5.91. The van der Waals surface area contributed by atoms with Crippen LogP contribution in [0.3, 0.4) is 0 Å². The van der Waals surface area contributed by atoms with E-state index in [1.165, 1.54) is 6.07 Å². The second-order valence-corrected chi connectivity index (χ2v) is 6.23. The molecule has 25 heavy (non-hydrogen) atoms. The molecule has 1 aliphatic rings. The van der Waals surface area contributed by atoms with Crippen LogP contribution >= 0.6 is 0 Å². The molecule has 1 fully saturated rings. The fourth-order valence-electron chi connectivity index (χ4n) is 3.22. The van der Waals surface area contributed by atoms with Crippen LogP contribution in [0.1, 0.15) is 34.8 Å². The molecule has 1 saturated heterocycles. The van der Waals surface area contributed by atoms with E-state index in [0.29, 0.717) is 43.3 Å². The second-order valence-electron chi connectivity index (χ2n) is 6.23. The van der Waals surface area contributed by atoms with Crippen molar-refractivity contribution < 1.29 is 14.1 Å². The van der Waals surface area contributed by atoms with Crippen molar-refractivity contribution in [2.24, 2.45) is 0 Å². The topological polar surface area (TPSA) is 79.8 Å². The Balaban J connectivity index is 1.66. The summed E-state index contributed by atoms with van der Waals surface area (Å²) in [5.41, 5.74) is 0.841. The molecule has 132 valence electrons. The lowest BCUT2D eigenvalue weighted by Gasteiger charge is -2.37. The summed E-state index contributed by atoms with van der Waals surface area (Å²) in [5, 5.41) is 11.2. The van der Waals surface area contributed by atoms with Gasteiger partial charge >= 0.3 is 0 Å². The lowest BCUT2D eigenvalue weighted by atomic mass is 10.0. The molecule has 0 bridgehead atoms. The number of aryl methyl sites for hydroxylation is 1. The Hall–Kier alpha value is -2.67. The Labute approximate surface area is 146 Å². The Kier molecular flexibility index (Phi) is 4.85. The number of carbonyl (C=O) groups is 1. The summed E-state index contributed by atoms with van der Waals surface area (Å²) in [5.74, 6) is 0.968. The molecule has 1 amide bonds. The monoisotopic (exact) mass is 343 g/mol. The predicted octanol–water partition coefficient (Wildman–Crippen LogP) is 3.02. The van der Waals surface area contributed by atoms with Gasteiger partial charge in [-0.3, -0.25) is 19.8 Å². The first-order valence-corrected chi connectivity index (χ1v) is 8.30. The summed E-state index contributed by atoms with van der Waals surface area (Å²) >= 11 is 0. The van der Waals surface area contributed by atoms with E-state index in [9.17, 15) is 14.9 Å². The zero-order chi connectivity index (χ0) is 18.0. The molecular formula is C18H21N3O4. The van der Waals surface area contributed by atoms with Crippen LogP contribution in [0.5, 0.6) is 0 Å². The molecule has 0 unspecified atom stereocenters. The first-order chi connectivity index (χ1) is 12.0. The number of para-hydroxylation sites is 1. The first-order valence-electron chi connectivity index (χ1n) is 8.30. The Morgan fingerprint density at radius 3 is 2.44 bits per heavy atom. The number of benzene rings is 1. The van der Waals surface area contributed by atoms with Gasteiger partial charge in [0.1, 0.15) is 5.76 Å². The van der Waals surface area contributed by atoms with Crippen LogP contribution in [0.15, 0.2) is 40.8 Å². The van der Waals surface area contributed by atoms with Gasteiger partial charge < -0.3 is 9.32 Å². The Morgan fingerprint density at radius 2 is 1.84 bits per heavy atom. The van der Waals surface area contributed by atoms with Gasteiger partial charge in [-0.25, -0.2) is 0 Å². The van der Waals surface area contributed by atoms with Crippen LogP contribution in [0.25, 0.3) is 0 Å². The van der Waals surface area contributed by atoms with Gasteiger partial charge in [0.2, 0.25) is 0 Å². The Morgan fingerprint density at radius 1 is 1.16 bits per heavy atom. The average Bonchev–Trinajstić information content (AvgIpc) is 3.07. The van der Waals surface area contributed by atoms with E-state index in [-0.39, 0.29) is 22.6 Å². The summed E-state index contributed by atoms with van der Waals surface area (Å²) in [6.45, 7) is 6.25. The molecule has 2 heterocycles. The largest absolute Gasteiger partial charge is 0.456 e. The van der Waals surface area contributed by atoms with Gasteiger partial charge in [0.15, 0.2) is 5.76 Å². The molecular weight excluding hydrogens is 322 g/mol. The molecule has 1 aliphatic heterocycles. The number of hydrogen-bond acceptors (Lipinski definition) is 5. The van der Waals surface area contributed by atoms with Crippen LogP contribution in [-0.4, -0.2) is 46.8 Å². The van der Waals surface area contributed by atoms with Crippen molar-refractivity contribution >= 4 is 11.6 Å². The minimum Gasteiger partial charge on any atom is -0.456 e. The fourth-order valence-corrected chi connectivity index (χ4v) is 3.22. The molecule has 0 radical (unpaired) electrons. The number of hydrogen-bond donors (Lipinski definition) is 0. The number of nitro benzene ring substituents is 1. The molecule has 3 rings (SSSR count). The summed E-state index contributed by atoms with van der Waals surface area (Å²) in [7, 11) is 0. The highest BCUT2D eigenvalue weighted by Crippen LogP contribution is 2.29. The summed E-state index contributed by atoms with van der Waals surface area (Å²) < 4.78 is 5.40. The van der Waals surface area contributed by atoms with E-state index in [1.54, 1.807) is 29.2 Å². The van der Waals surface area contributed by atoms with E-state index in [2.05, 4.69) is 4.90 Å². The van der Waals surface area contributed by atoms with Gasteiger partial charge in [-0.15, -0.1) is 0 Å². The van der Waals surface area contributed by atoms with Crippen molar-refractivity contribution in [2.45, 2.75) is 19.9 Å². The maximum atomic E-state index is 12.4. The van der Waals surface area contributed by atoms with Crippen LogP contribution in [-0.2, 0) is 0 Å². The van der Waals surface area contributed by atoms with Crippen LogP contribution in [0.4, 0.5) is 5.69 Å². The second kappa shape index (κ2) is 7.06. The number of furan rings is 1. The molecule has 7 nitrogen and oxygen atoms in total. The third kappa shape index (κ3) is 3.56. The molecule has 0 saturated carbocycles. The van der Waals surface area contributed by atoms with E-state index >= 15 is 0 Å². The van der Waals surface area contributed by atoms with Gasteiger partial charge in [0, 0.05) is 43.9 Å². The third-order valence-corrected chi connectivity index (χ3v) is 4.68. The van der Waals surface area contributed by atoms with Gasteiger partial charge in [-0.2, -0.15) is 0 Å². The molecule has 7 heteroatoms. The van der Waals surface area contributed by atoms with Crippen molar-refractivity contribution in [2.75, 3.05) is 26.2 Å². The highest BCUT2D eigenvalue weighted by atomic mass is 16.6. The van der Waals surface area contributed by atoms with E-state index < -0.39 is 0 Å². The van der Waals surface area contributed by atoms with Gasteiger partial charge in [-0.1, -0.05) is 18.2 Å². The first kappa shape index (κ1) is 17.2. The van der Waals surface area contributed by atoms with Crippen molar-refractivity contribution in [3.63, 3.8) is 0 Å². The van der Waals surface area contributed by atoms with Crippen molar-refractivity contribution in [3.8, 4) is 0 Å².